The Morgan fingerprint density at radius 3 is 2.72 bits per heavy atom. The number of nitrogens with zero attached hydrogens (tertiary/aromatic N) is 3. The predicted molar refractivity (Wildman–Crippen MR) is 96.9 cm³/mol. The third-order valence-corrected chi connectivity index (χ3v) is 4.70. The third kappa shape index (κ3) is 2.91. The molecule has 0 fully saturated rings. The van der Waals surface area contributed by atoms with Crippen molar-refractivity contribution in [3.63, 3.8) is 0 Å². The monoisotopic (exact) mass is 400 g/mol. The highest BCUT2D eigenvalue weighted by Gasteiger charge is 2.24. The summed E-state index contributed by atoms with van der Waals surface area (Å²) >= 11 is 3.25. The van der Waals surface area contributed by atoms with Crippen LogP contribution >= 0.6 is 15.9 Å². The van der Waals surface area contributed by atoms with Crippen LogP contribution in [0.3, 0.4) is 0 Å². The molecule has 0 radical (unpaired) electrons. The molecule has 4 rings (SSSR count). The molecule has 25 heavy (non-hydrogen) atoms. The van der Waals surface area contributed by atoms with Crippen molar-refractivity contribution in [1.82, 2.24) is 14.8 Å². The van der Waals surface area contributed by atoms with Crippen LogP contribution in [0, 0.1) is 5.82 Å². The van der Waals surface area contributed by atoms with Gasteiger partial charge in [-0.05, 0) is 69.5 Å². The SMILES string of the molecule is COc1ccc(C2=CC(c3ccc(F)c(Br)c3)n3ncnc3N2)cc1. The van der Waals surface area contributed by atoms with Crippen LogP contribution in [-0.2, 0) is 0 Å². The van der Waals surface area contributed by atoms with Crippen LogP contribution in [0.4, 0.5) is 10.3 Å². The minimum absolute atomic E-state index is 0.187. The van der Waals surface area contributed by atoms with Crippen molar-refractivity contribution in [3.8, 4) is 5.75 Å². The average molecular weight is 401 g/mol. The van der Waals surface area contributed by atoms with Gasteiger partial charge in [-0.25, -0.2) is 9.07 Å². The molecule has 0 saturated carbocycles. The number of halogens is 2. The van der Waals surface area contributed by atoms with Gasteiger partial charge in [-0.1, -0.05) is 6.07 Å². The third-order valence-electron chi connectivity index (χ3n) is 4.09. The molecule has 0 spiro atoms. The summed E-state index contributed by atoms with van der Waals surface area (Å²) in [4.78, 5) is 4.27. The van der Waals surface area contributed by atoms with E-state index < -0.39 is 0 Å². The topological polar surface area (TPSA) is 52.0 Å². The fourth-order valence-corrected chi connectivity index (χ4v) is 3.20. The van der Waals surface area contributed by atoms with Gasteiger partial charge < -0.3 is 10.1 Å². The standard InChI is InChI=1S/C18H14BrFN4O/c1-25-13-5-2-11(3-6-13)16-9-17(24-18(23-16)21-10-22-24)12-4-7-15(20)14(19)8-12/h2-10,17H,1H3,(H,21,22,23). The Hall–Kier alpha value is -2.67. The van der Waals surface area contributed by atoms with Crippen LogP contribution in [-0.4, -0.2) is 21.9 Å². The van der Waals surface area contributed by atoms with Crippen molar-refractivity contribution >= 4 is 27.6 Å². The number of benzene rings is 2. The van der Waals surface area contributed by atoms with E-state index in [9.17, 15) is 4.39 Å². The Balaban J connectivity index is 1.78. The number of fused-ring (bicyclic) bond motifs is 1. The van der Waals surface area contributed by atoms with Crippen LogP contribution < -0.4 is 10.1 Å². The van der Waals surface area contributed by atoms with E-state index >= 15 is 0 Å². The molecule has 1 N–H and O–H groups in total. The number of methoxy groups -OCH3 is 1. The summed E-state index contributed by atoms with van der Waals surface area (Å²) in [7, 11) is 1.64. The van der Waals surface area contributed by atoms with E-state index in [1.165, 1.54) is 12.4 Å². The van der Waals surface area contributed by atoms with Gasteiger partial charge >= 0.3 is 0 Å². The van der Waals surface area contributed by atoms with Crippen molar-refractivity contribution < 1.29 is 9.13 Å². The van der Waals surface area contributed by atoms with Crippen LogP contribution in [0.2, 0.25) is 0 Å². The van der Waals surface area contributed by atoms with Crippen molar-refractivity contribution in [1.29, 1.82) is 0 Å². The lowest BCUT2D eigenvalue weighted by molar-refractivity contribution is 0.415. The summed E-state index contributed by atoms with van der Waals surface area (Å²) in [5, 5.41) is 7.57. The quantitative estimate of drug-likeness (QED) is 0.713. The molecule has 1 unspecified atom stereocenters. The largest absolute Gasteiger partial charge is 0.497 e. The Morgan fingerprint density at radius 2 is 2.00 bits per heavy atom. The Labute approximate surface area is 152 Å². The average Bonchev–Trinajstić information content (AvgIpc) is 3.12. The van der Waals surface area contributed by atoms with Crippen molar-refractivity contribution in [2.45, 2.75) is 6.04 Å². The molecule has 0 amide bonds. The molecule has 1 aromatic heterocycles. The number of hydrogen-bond donors (Lipinski definition) is 1. The van der Waals surface area contributed by atoms with Crippen LogP contribution in [0.15, 0.2) is 59.3 Å². The molecule has 3 aromatic rings. The van der Waals surface area contributed by atoms with Gasteiger partial charge in [0.2, 0.25) is 5.95 Å². The predicted octanol–water partition coefficient (Wildman–Crippen LogP) is 4.24. The highest BCUT2D eigenvalue weighted by atomic mass is 79.9. The number of anilines is 1. The summed E-state index contributed by atoms with van der Waals surface area (Å²) in [6.07, 6.45) is 3.54. The summed E-state index contributed by atoms with van der Waals surface area (Å²) in [5.74, 6) is 1.14. The van der Waals surface area contributed by atoms with Gasteiger partial charge in [-0.15, -0.1) is 0 Å². The summed E-state index contributed by atoms with van der Waals surface area (Å²) < 4.78 is 21.0. The van der Waals surface area contributed by atoms with Gasteiger partial charge in [0.05, 0.1) is 11.6 Å². The molecule has 2 heterocycles. The molecule has 1 aliphatic rings. The van der Waals surface area contributed by atoms with E-state index in [0.29, 0.717) is 10.4 Å². The highest BCUT2D eigenvalue weighted by Crippen LogP contribution is 2.33. The number of ether oxygens (including phenoxy) is 1. The molecule has 0 aliphatic carbocycles. The van der Waals surface area contributed by atoms with Gasteiger partial charge in [0.1, 0.15) is 23.9 Å². The Kier molecular flexibility index (Phi) is 4.01. The second-order valence-corrected chi connectivity index (χ2v) is 6.43. The summed E-state index contributed by atoms with van der Waals surface area (Å²) in [6.45, 7) is 0. The fraction of sp³-hybridized carbons (Fsp3) is 0.111. The maximum absolute atomic E-state index is 13.6. The van der Waals surface area contributed by atoms with Gasteiger partial charge in [0.15, 0.2) is 0 Å². The van der Waals surface area contributed by atoms with E-state index in [0.717, 1.165) is 22.6 Å². The molecule has 126 valence electrons. The van der Waals surface area contributed by atoms with Crippen molar-refractivity contribution in [2.24, 2.45) is 0 Å². The lowest BCUT2D eigenvalue weighted by atomic mass is 10.0. The number of hydrogen-bond acceptors (Lipinski definition) is 4. The first kappa shape index (κ1) is 15.8. The maximum atomic E-state index is 13.6. The Bertz CT molecular complexity index is 952. The van der Waals surface area contributed by atoms with Crippen LogP contribution in [0.1, 0.15) is 17.2 Å². The van der Waals surface area contributed by atoms with E-state index in [2.05, 4.69) is 31.3 Å². The fourth-order valence-electron chi connectivity index (χ4n) is 2.81. The molecule has 2 aromatic carbocycles. The minimum atomic E-state index is -0.296. The number of aromatic nitrogens is 3. The zero-order valence-corrected chi connectivity index (χ0v) is 14.9. The summed E-state index contributed by atoms with van der Waals surface area (Å²) in [5.41, 5.74) is 2.82. The molecule has 1 aliphatic heterocycles. The van der Waals surface area contributed by atoms with E-state index in [-0.39, 0.29) is 11.9 Å². The van der Waals surface area contributed by atoms with Gasteiger partial charge in [-0.3, -0.25) is 0 Å². The second-order valence-electron chi connectivity index (χ2n) is 5.58. The highest BCUT2D eigenvalue weighted by molar-refractivity contribution is 9.10. The first-order valence-corrected chi connectivity index (χ1v) is 8.43. The van der Waals surface area contributed by atoms with Crippen molar-refractivity contribution in [2.75, 3.05) is 12.4 Å². The normalized spacial score (nSPS) is 16.0. The molecular formula is C18H14BrFN4O. The van der Waals surface area contributed by atoms with Crippen LogP contribution in [0.5, 0.6) is 5.75 Å². The molecule has 1 atom stereocenters. The Morgan fingerprint density at radius 1 is 1.20 bits per heavy atom. The molecule has 5 nitrogen and oxygen atoms in total. The zero-order chi connectivity index (χ0) is 17.4. The summed E-state index contributed by atoms with van der Waals surface area (Å²) in [6, 6.07) is 12.5. The number of rotatable bonds is 3. The van der Waals surface area contributed by atoms with E-state index in [4.69, 9.17) is 4.74 Å². The molecule has 0 bridgehead atoms. The second kappa shape index (κ2) is 6.33. The zero-order valence-electron chi connectivity index (χ0n) is 13.3. The first-order valence-electron chi connectivity index (χ1n) is 7.63. The number of nitrogens with one attached hydrogen (secondary N) is 1. The molecule has 0 saturated heterocycles. The van der Waals surface area contributed by atoms with E-state index in [1.807, 2.05) is 30.3 Å². The maximum Gasteiger partial charge on any atom is 0.226 e. The van der Waals surface area contributed by atoms with Crippen LogP contribution in [0.25, 0.3) is 5.70 Å². The van der Waals surface area contributed by atoms with Gasteiger partial charge in [-0.2, -0.15) is 10.1 Å². The van der Waals surface area contributed by atoms with Gasteiger partial charge in [0, 0.05) is 5.70 Å². The molecule has 7 heteroatoms. The van der Waals surface area contributed by atoms with E-state index in [1.54, 1.807) is 23.9 Å². The molecular weight excluding hydrogens is 387 g/mol. The van der Waals surface area contributed by atoms with Crippen molar-refractivity contribution in [3.05, 3.63) is 76.3 Å². The van der Waals surface area contributed by atoms with Gasteiger partial charge in [0.25, 0.3) is 0 Å². The lowest BCUT2D eigenvalue weighted by Crippen LogP contribution is -2.20. The first-order chi connectivity index (χ1) is 12.2. The number of allylic oxidation sites excluding steroid dienone is 1. The minimum Gasteiger partial charge on any atom is -0.497 e. The lowest BCUT2D eigenvalue weighted by Gasteiger charge is -2.24. The smallest absolute Gasteiger partial charge is 0.226 e.